The normalized spacial score (nSPS) is 11.2. The lowest BCUT2D eigenvalue weighted by atomic mass is 10.1. The molecule has 2 aromatic carbocycles. The molecule has 2 aromatic rings. The number of hydrogen-bond donors (Lipinski definition) is 0. The van der Waals surface area contributed by atoms with Crippen LogP contribution >= 0.6 is 0 Å². The minimum atomic E-state index is -4.41. The molecule has 0 atom stereocenters. The van der Waals surface area contributed by atoms with E-state index in [0.717, 1.165) is 37.8 Å². The molecular formula is C22H23F3O4. The summed E-state index contributed by atoms with van der Waals surface area (Å²) in [6.45, 7) is 2.30. The highest BCUT2D eigenvalue weighted by atomic mass is 19.4. The molecule has 0 aliphatic carbocycles. The van der Waals surface area contributed by atoms with Gasteiger partial charge in [-0.05, 0) is 48.4 Å². The Labute approximate surface area is 167 Å². The average Bonchev–Trinajstić information content (AvgIpc) is 2.71. The van der Waals surface area contributed by atoms with E-state index >= 15 is 0 Å². The maximum atomic E-state index is 12.5. The fraction of sp³-hybridized carbons (Fsp3) is 0.364. The van der Waals surface area contributed by atoms with Gasteiger partial charge in [0.2, 0.25) is 0 Å². The van der Waals surface area contributed by atoms with Crippen LogP contribution in [0.3, 0.4) is 0 Å². The summed E-state index contributed by atoms with van der Waals surface area (Å²) < 4.78 is 47.9. The van der Waals surface area contributed by atoms with Crippen molar-refractivity contribution in [1.82, 2.24) is 0 Å². The smallest absolute Gasteiger partial charge is 0.416 e. The first-order valence-electron chi connectivity index (χ1n) is 9.41. The topological polar surface area (TPSA) is 52.6 Å². The van der Waals surface area contributed by atoms with Crippen molar-refractivity contribution in [2.75, 3.05) is 6.61 Å². The van der Waals surface area contributed by atoms with Crippen molar-refractivity contribution in [3.05, 3.63) is 70.8 Å². The largest absolute Gasteiger partial charge is 0.462 e. The molecule has 0 aromatic heterocycles. The Bertz CT molecular complexity index is 796. The summed E-state index contributed by atoms with van der Waals surface area (Å²) in [6.07, 6.45) is -0.389. The number of halogens is 3. The highest BCUT2D eigenvalue weighted by molar-refractivity contribution is 5.93. The van der Waals surface area contributed by atoms with Crippen molar-refractivity contribution in [3.8, 4) is 0 Å². The van der Waals surface area contributed by atoms with Crippen LogP contribution in [0.15, 0.2) is 48.5 Å². The Morgan fingerprint density at radius 1 is 0.793 bits per heavy atom. The quantitative estimate of drug-likeness (QED) is 0.389. The van der Waals surface area contributed by atoms with Crippen LogP contribution in [-0.2, 0) is 22.3 Å². The third-order valence-electron chi connectivity index (χ3n) is 4.24. The van der Waals surface area contributed by atoms with Crippen LogP contribution in [0.25, 0.3) is 0 Å². The predicted molar refractivity (Wildman–Crippen MR) is 101 cm³/mol. The van der Waals surface area contributed by atoms with Crippen LogP contribution in [-0.4, -0.2) is 18.5 Å². The highest BCUT2D eigenvalue weighted by Crippen LogP contribution is 2.29. The van der Waals surface area contributed by atoms with Crippen molar-refractivity contribution in [2.45, 2.75) is 45.4 Å². The van der Waals surface area contributed by atoms with Gasteiger partial charge in [0.1, 0.15) is 6.61 Å². The molecule has 0 radical (unpaired) electrons. The van der Waals surface area contributed by atoms with Gasteiger partial charge in [-0.2, -0.15) is 13.2 Å². The van der Waals surface area contributed by atoms with Crippen molar-refractivity contribution in [1.29, 1.82) is 0 Å². The number of unbranched alkanes of at least 4 members (excludes halogenated alkanes) is 3. The molecule has 156 valence electrons. The minimum absolute atomic E-state index is 0.154. The van der Waals surface area contributed by atoms with E-state index in [2.05, 4.69) is 6.92 Å². The summed E-state index contributed by atoms with van der Waals surface area (Å²) in [6, 6.07) is 10.2. The van der Waals surface area contributed by atoms with Crippen molar-refractivity contribution in [3.63, 3.8) is 0 Å². The van der Waals surface area contributed by atoms with E-state index < -0.39 is 23.7 Å². The highest BCUT2D eigenvalue weighted by Gasteiger charge is 2.29. The lowest BCUT2D eigenvalue weighted by Crippen LogP contribution is -2.09. The first-order chi connectivity index (χ1) is 13.8. The van der Waals surface area contributed by atoms with Crippen molar-refractivity contribution in [2.24, 2.45) is 0 Å². The maximum Gasteiger partial charge on any atom is 0.416 e. The number of ether oxygens (including phenoxy) is 2. The summed E-state index contributed by atoms with van der Waals surface area (Å²) in [7, 11) is 0. The lowest BCUT2D eigenvalue weighted by molar-refractivity contribution is -0.137. The van der Waals surface area contributed by atoms with Crippen molar-refractivity contribution >= 4 is 11.9 Å². The number of benzene rings is 2. The van der Waals surface area contributed by atoms with Crippen LogP contribution in [0.5, 0.6) is 0 Å². The Hall–Kier alpha value is -2.83. The SMILES string of the molecule is CCCCCCOC(=O)c1ccc(C(=O)OCc2ccc(C(F)(F)F)cc2)cc1. The average molecular weight is 408 g/mol. The number of esters is 2. The molecule has 0 fully saturated rings. The van der Waals surface area contributed by atoms with Gasteiger partial charge in [-0.15, -0.1) is 0 Å². The summed E-state index contributed by atoms with van der Waals surface area (Å²) in [4.78, 5) is 24.0. The molecule has 0 unspecified atom stereocenters. The fourth-order valence-corrected chi connectivity index (χ4v) is 2.54. The molecule has 0 saturated heterocycles. The second-order valence-corrected chi connectivity index (χ2v) is 6.54. The van der Waals surface area contributed by atoms with Gasteiger partial charge in [0.25, 0.3) is 0 Å². The molecule has 0 amide bonds. The molecule has 0 aliphatic heterocycles. The molecular weight excluding hydrogens is 385 g/mol. The first kappa shape index (κ1) is 22.5. The van der Waals surface area contributed by atoms with Gasteiger partial charge in [0, 0.05) is 0 Å². The van der Waals surface area contributed by atoms with Crippen molar-refractivity contribution < 1.29 is 32.2 Å². The molecule has 0 aliphatic rings. The van der Waals surface area contributed by atoms with Gasteiger partial charge in [-0.25, -0.2) is 9.59 Å². The lowest BCUT2D eigenvalue weighted by Gasteiger charge is -2.09. The van der Waals surface area contributed by atoms with Crippen LogP contribution in [0.2, 0.25) is 0 Å². The number of rotatable bonds is 9. The maximum absolute atomic E-state index is 12.5. The van der Waals surface area contributed by atoms with Gasteiger partial charge in [0.05, 0.1) is 23.3 Å². The molecule has 7 heteroatoms. The molecule has 0 bridgehead atoms. The first-order valence-corrected chi connectivity index (χ1v) is 9.41. The zero-order valence-electron chi connectivity index (χ0n) is 16.1. The Morgan fingerprint density at radius 3 is 1.86 bits per heavy atom. The third-order valence-corrected chi connectivity index (χ3v) is 4.24. The van der Waals surface area contributed by atoms with Crippen LogP contribution < -0.4 is 0 Å². The molecule has 29 heavy (non-hydrogen) atoms. The van der Waals surface area contributed by atoms with Crippen LogP contribution in [0.1, 0.15) is 64.4 Å². The molecule has 0 saturated carbocycles. The fourth-order valence-electron chi connectivity index (χ4n) is 2.54. The standard InChI is InChI=1S/C22H23F3O4/c1-2-3-4-5-14-28-20(26)17-8-10-18(11-9-17)21(27)29-15-16-6-12-19(13-7-16)22(23,24)25/h6-13H,2-5,14-15H2,1H3. The molecule has 0 heterocycles. The third kappa shape index (κ3) is 7.25. The molecule has 4 nitrogen and oxygen atoms in total. The number of alkyl halides is 3. The van der Waals surface area contributed by atoms with E-state index in [-0.39, 0.29) is 12.2 Å². The summed E-state index contributed by atoms with van der Waals surface area (Å²) in [5.74, 6) is -1.09. The van der Waals surface area contributed by atoms with Gasteiger partial charge < -0.3 is 9.47 Å². The Balaban J connectivity index is 1.83. The summed E-state index contributed by atoms with van der Waals surface area (Å²) in [5.41, 5.74) is 0.242. The van der Waals surface area contributed by atoms with E-state index in [4.69, 9.17) is 9.47 Å². The molecule has 0 spiro atoms. The minimum Gasteiger partial charge on any atom is -0.462 e. The molecule has 2 rings (SSSR count). The Morgan fingerprint density at radius 2 is 1.34 bits per heavy atom. The molecule has 0 N–H and O–H groups in total. The van der Waals surface area contributed by atoms with E-state index in [0.29, 0.717) is 17.7 Å². The zero-order valence-corrected chi connectivity index (χ0v) is 16.1. The van der Waals surface area contributed by atoms with Gasteiger partial charge in [-0.1, -0.05) is 38.3 Å². The number of carbonyl (C=O) groups excluding carboxylic acids is 2. The van der Waals surface area contributed by atoms with Gasteiger partial charge in [-0.3, -0.25) is 0 Å². The summed E-state index contributed by atoms with van der Waals surface area (Å²) >= 11 is 0. The summed E-state index contributed by atoms with van der Waals surface area (Å²) in [5, 5.41) is 0. The predicted octanol–water partition coefficient (Wildman–Crippen LogP) is 5.80. The number of hydrogen-bond acceptors (Lipinski definition) is 4. The van der Waals surface area contributed by atoms with E-state index in [1.807, 2.05) is 0 Å². The van der Waals surface area contributed by atoms with E-state index in [1.165, 1.54) is 36.4 Å². The second-order valence-electron chi connectivity index (χ2n) is 6.54. The number of carbonyl (C=O) groups is 2. The monoisotopic (exact) mass is 408 g/mol. The second kappa shape index (κ2) is 10.6. The van der Waals surface area contributed by atoms with E-state index in [1.54, 1.807) is 0 Å². The Kier molecular flexibility index (Phi) is 8.24. The van der Waals surface area contributed by atoms with Gasteiger partial charge in [0.15, 0.2) is 0 Å². The van der Waals surface area contributed by atoms with Gasteiger partial charge >= 0.3 is 18.1 Å². The van der Waals surface area contributed by atoms with E-state index in [9.17, 15) is 22.8 Å². The van der Waals surface area contributed by atoms with Crippen LogP contribution in [0.4, 0.5) is 13.2 Å². The van der Waals surface area contributed by atoms with Crippen LogP contribution in [0, 0.1) is 0 Å². The zero-order chi connectivity index (χ0) is 21.3.